The van der Waals surface area contributed by atoms with Crippen molar-refractivity contribution >= 4 is 23.5 Å². The molecule has 3 aliphatic heterocycles. The van der Waals surface area contributed by atoms with Crippen molar-refractivity contribution in [2.45, 2.75) is 18.9 Å². The molecule has 2 aromatic rings. The molecule has 0 amide bonds. The van der Waals surface area contributed by atoms with Crippen LogP contribution in [-0.2, 0) is 16.1 Å². The van der Waals surface area contributed by atoms with Crippen LogP contribution < -0.4 is 5.56 Å². The number of likely N-dealkylation sites (tertiary alicyclic amines) is 1. The van der Waals surface area contributed by atoms with Gasteiger partial charge in [0.15, 0.2) is 5.70 Å². The maximum atomic E-state index is 12.3. The second-order valence-corrected chi connectivity index (χ2v) is 7.92. The molecule has 0 saturated carbocycles. The number of hydrogen-bond donors (Lipinski definition) is 0. The highest BCUT2D eigenvalue weighted by atomic mass is 35.5. The fourth-order valence-corrected chi connectivity index (χ4v) is 4.45. The van der Waals surface area contributed by atoms with Crippen molar-refractivity contribution in [3.63, 3.8) is 0 Å². The number of pyridine rings is 1. The van der Waals surface area contributed by atoms with E-state index in [9.17, 15) is 9.59 Å². The molecule has 7 heteroatoms. The van der Waals surface area contributed by atoms with E-state index in [0.29, 0.717) is 28.1 Å². The number of fused-ring (bicyclic) bond motifs is 4. The molecule has 6 nitrogen and oxygen atoms in total. The molecule has 3 aliphatic rings. The molecular formula is C21H18ClN3O3. The van der Waals surface area contributed by atoms with Gasteiger partial charge in [-0.1, -0.05) is 17.7 Å². The van der Waals surface area contributed by atoms with Crippen LogP contribution in [0.5, 0.6) is 0 Å². The SMILES string of the molecule is O=C1OC(c2ccc(Cl)cc2)=N/C1=C\N1C[C@@H]2C[C@H](C1)c1cccc(=O)n1C2. The van der Waals surface area contributed by atoms with Gasteiger partial charge in [-0.2, -0.15) is 0 Å². The zero-order chi connectivity index (χ0) is 19.3. The summed E-state index contributed by atoms with van der Waals surface area (Å²) in [6.07, 6.45) is 2.86. The molecule has 28 heavy (non-hydrogen) atoms. The number of nitrogens with zero attached hydrogens (tertiary/aromatic N) is 3. The minimum atomic E-state index is -0.447. The first-order valence-corrected chi connectivity index (χ1v) is 9.67. The van der Waals surface area contributed by atoms with E-state index in [2.05, 4.69) is 9.89 Å². The lowest BCUT2D eigenvalue weighted by molar-refractivity contribution is -0.130. The van der Waals surface area contributed by atoms with E-state index < -0.39 is 5.97 Å². The summed E-state index contributed by atoms with van der Waals surface area (Å²) in [6, 6.07) is 12.5. The summed E-state index contributed by atoms with van der Waals surface area (Å²) in [6.45, 7) is 2.26. The lowest BCUT2D eigenvalue weighted by atomic mass is 9.83. The number of cyclic esters (lactones) is 1. The number of carbonyl (C=O) groups is 1. The van der Waals surface area contributed by atoms with Gasteiger partial charge >= 0.3 is 5.97 Å². The van der Waals surface area contributed by atoms with Crippen molar-refractivity contribution < 1.29 is 9.53 Å². The summed E-state index contributed by atoms with van der Waals surface area (Å²) >= 11 is 5.91. The van der Waals surface area contributed by atoms with E-state index in [1.807, 2.05) is 16.7 Å². The van der Waals surface area contributed by atoms with Crippen LogP contribution in [0.3, 0.4) is 0 Å². The number of hydrogen-bond acceptors (Lipinski definition) is 5. The number of benzene rings is 1. The third-order valence-electron chi connectivity index (χ3n) is 5.52. The van der Waals surface area contributed by atoms with Gasteiger partial charge in [0.1, 0.15) is 0 Å². The highest BCUT2D eigenvalue weighted by Crippen LogP contribution is 2.35. The van der Waals surface area contributed by atoms with Gasteiger partial charge in [0, 0.05) is 54.1 Å². The number of halogens is 1. The molecule has 1 fully saturated rings. The van der Waals surface area contributed by atoms with Crippen LogP contribution in [0, 0.1) is 5.92 Å². The maximum absolute atomic E-state index is 12.3. The Kier molecular flexibility index (Phi) is 4.09. The minimum absolute atomic E-state index is 0.0654. The normalized spacial score (nSPS) is 24.8. The van der Waals surface area contributed by atoms with Crippen LogP contribution in [0.1, 0.15) is 23.6 Å². The van der Waals surface area contributed by atoms with E-state index in [4.69, 9.17) is 16.3 Å². The van der Waals surface area contributed by atoms with Crippen LogP contribution in [-0.4, -0.2) is 34.4 Å². The van der Waals surface area contributed by atoms with Crippen molar-refractivity contribution in [3.05, 3.63) is 81.0 Å². The lowest BCUT2D eigenvalue weighted by Crippen LogP contribution is -2.45. The van der Waals surface area contributed by atoms with Crippen LogP contribution in [0.25, 0.3) is 0 Å². The van der Waals surface area contributed by atoms with Gasteiger partial charge in [-0.3, -0.25) is 4.79 Å². The maximum Gasteiger partial charge on any atom is 0.365 e. The predicted octanol–water partition coefficient (Wildman–Crippen LogP) is 2.77. The average molecular weight is 396 g/mol. The molecule has 1 aromatic heterocycles. The van der Waals surface area contributed by atoms with Crippen molar-refractivity contribution in [1.82, 2.24) is 9.47 Å². The first-order valence-electron chi connectivity index (χ1n) is 9.29. The first kappa shape index (κ1) is 17.3. The van der Waals surface area contributed by atoms with Crippen LogP contribution >= 0.6 is 11.6 Å². The van der Waals surface area contributed by atoms with Gasteiger partial charge < -0.3 is 14.2 Å². The highest BCUT2D eigenvalue weighted by molar-refractivity contribution is 6.30. The van der Waals surface area contributed by atoms with Gasteiger partial charge in [0.25, 0.3) is 5.56 Å². The highest BCUT2D eigenvalue weighted by Gasteiger charge is 2.34. The molecule has 0 N–H and O–H groups in total. The number of rotatable bonds is 2. The largest absolute Gasteiger partial charge is 0.402 e. The van der Waals surface area contributed by atoms with Gasteiger partial charge in [0.05, 0.1) is 0 Å². The van der Waals surface area contributed by atoms with Crippen molar-refractivity contribution in [3.8, 4) is 0 Å². The summed E-state index contributed by atoms with van der Waals surface area (Å²) in [5, 5.41) is 0.615. The molecule has 1 saturated heterocycles. The second kappa shape index (κ2) is 6.63. The van der Waals surface area contributed by atoms with E-state index in [-0.39, 0.29) is 11.5 Å². The number of carbonyl (C=O) groups excluding carboxylic acids is 1. The summed E-state index contributed by atoms with van der Waals surface area (Å²) in [7, 11) is 0. The molecule has 2 bridgehead atoms. The first-order chi connectivity index (χ1) is 13.6. The second-order valence-electron chi connectivity index (χ2n) is 7.48. The summed E-state index contributed by atoms with van der Waals surface area (Å²) in [5.74, 6) is 0.495. The standard InChI is InChI=1S/C21H18ClN3O3/c22-16-6-4-14(5-7-16)20-23-17(21(27)28-20)12-24-9-13-8-15(11-24)18-2-1-3-19(26)25(18)10-13/h1-7,12-13,15H,8-11H2/b17-12-/t13-,15+/m0/s1. The Labute approximate surface area is 166 Å². The molecule has 142 valence electrons. The van der Waals surface area contributed by atoms with Crippen molar-refractivity contribution in [2.75, 3.05) is 13.1 Å². The van der Waals surface area contributed by atoms with Gasteiger partial charge in [-0.25, -0.2) is 9.79 Å². The van der Waals surface area contributed by atoms with Gasteiger partial charge in [-0.15, -0.1) is 0 Å². The fourth-order valence-electron chi connectivity index (χ4n) is 4.33. The molecular weight excluding hydrogens is 378 g/mol. The Hall–Kier alpha value is -2.86. The van der Waals surface area contributed by atoms with E-state index in [0.717, 1.165) is 31.7 Å². The molecule has 2 atom stereocenters. The topological polar surface area (TPSA) is 63.9 Å². The quantitative estimate of drug-likeness (QED) is 0.579. The van der Waals surface area contributed by atoms with Crippen LogP contribution in [0.4, 0.5) is 0 Å². The molecule has 0 unspecified atom stereocenters. The molecule has 0 spiro atoms. The smallest absolute Gasteiger partial charge is 0.365 e. The monoisotopic (exact) mass is 395 g/mol. The van der Waals surface area contributed by atoms with Crippen molar-refractivity contribution in [2.24, 2.45) is 10.9 Å². The Bertz CT molecular complexity index is 1070. The van der Waals surface area contributed by atoms with E-state index >= 15 is 0 Å². The van der Waals surface area contributed by atoms with Gasteiger partial charge in [0.2, 0.25) is 5.90 Å². The summed E-state index contributed by atoms with van der Waals surface area (Å²) < 4.78 is 7.23. The van der Waals surface area contributed by atoms with Gasteiger partial charge in [-0.05, 0) is 42.7 Å². The van der Waals surface area contributed by atoms with Crippen molar-refractivity contribution in [1.29, 1.82) is 0 Å². The Morgan fingerprint density at radius 3 is 2.71 bits per heavy atom. The number of piperidine rings is 1. The number of esters is 1. The van der Waals surface area contributed by atoms with E-state index in [1.165, 1.54) is 0 Å². The predicted molar refractivity (Wildman–Crippen MR) is 105 cm³/mol. The Morgan fingerprint density at radius 1 is 1.07 bits per heavy atom. The fraction of sp³-hybridized carbons (Fsp3) is 0.286. The van der Waals surface area contributed by atoms with Crippen LogP contribution in [0.15, 0.2) is 64.1 Å². The summed E-state index contributed by atoms with van der Waals surface area (Å²) in [4.78, 5) is 30.9. The molecule has 5 rings (SSSR count). The Morgan fingerprint density at radius 2 is 1.89 bits per heavy atom. The number of ether oxygens (including phenoxy) is 1. The number of aromatic nitrogens is 1. The van der Waals surface area contributed by atoms with Crippen LogP contribution in [0.2, 0.25) is 5.02 Å². The number of aliphatic imine (C=N–C) groups is 1. The zero-order valence-corrected chi connectivity index (χ0v) is 15.8. The Balaban J connectivity index is 1.40. The third kappa shape index (κ3) is 3.03. The molecule has 0 radical (unpaired) electrons. The molecule has 0 aliphatic carbocycles. The third-order valence-corrected chi connectivity index (χ3v) is 5.78. The lowest BCUT2D eigenvalue weighted by Gasteiger charge is -2.42. The molecule has 4 heterocycles. The minimum Gasteiger partial charge on any atom is -0.402 e. The summed E-state index contributed by atoms with van der Waals surface area (Å²) in [5.41, 5.74) is 2.15. The molecule has 1 aromatic carbocycles. The van der Waals surface area contributed by atoms with E-state index in [1.54, 1.807) is 36.5 Å². The average Bonchev–Trinajstić information content (AvgIpc) is 3.04. The zero-order valence-electron chi connectivity index (χ0n) is 15.0.